The predicted molar refractivity (Wildman–Crippen MR) is 136 cm³/mol. The van der Waals surface area contributed by atoms with E-state index in [4.69, 9.17) is 10.2 Å². The fraction of sp³-hybridized carbons (Fsp3) is 0.640. The molecule has 8 nitrogen and oxygen atoms in total. The van der Waals surface area contributed by atoms with Gasteiger partial charge in [-0.25, -0.2) is 4.57 Å². The highest BCUT2D eigenvalue weighted by atomic mass is 31.2. The molecule has 0 aliphatic carbocycles. The van der Waals surface area contributed by atoms with Gasteiger partial charge < -0.3 is 20.4 Å². The summed E-state index contributed by atoms with van der Waals surface area (Å²) in [5.41, 5.74) is 0. The first-order chi connectivity index (χ1) is 16.4. The molecule has 2 atom stereocenters. The number of carbonyl (C=O) groups is 1. The quantitative estimate of drug-likeness (QED) is 0.0959. The monoisotopic (exact) mass is 501 g/mol. The summed E-state index contributed by atoms with van der Waals surface area (Å²) in [6, 6.07) is 0. The first-order valence-corrected chi connectivity index (χ1v) is 13.7. The Labute approximate surface area is 205 Å². The minimum Gasteiger partial charge on any atom is -0.394 e. The molecular formula is C25H44NO7P. The highest BCUT2D eigenvalue weighted by Gasteiger charge is 2.22. The van der Waals surface area contributed by atoms with Crippen LogP contribution in [0.5, 0.6) is 0 Å². The Morgan fingerprint density at radius 3 is 2.03 bits per heavy atom. The summed E-state index contributed by atoms with van der Waals surface area (Å²) in [5.74, 6) is -0.163. The fourth-order valence-electron chi connectivity index (χ4n) is 2.65. The van der Waals surface area contributed by atoms with E-state index in [1.165, 1.54) is 25.7 Å². The van der Waals surface area contributed by atoms with Gasteiger partial charge in [-0.1, -0.05) is 68.4 Å². The smallest absolute Gasteiger partial charge is 0.394 e. The van der Waals surface area contributed by atoms with Crippen molar-refractivity contribution < 1.29 is 33.5 Å². The van der Waals surface area contributed by atoms with Crippen LogP contribution in [0.1, 0.15) is 71.1 Å². The summed E-state index contributed by atoms with van der Waals surface area (Å²) in [4.78, 5) is 21.1. The molecule has 0 aromatic rings. The summed E-state index contributed by atoms with van der Waals surface area (Å²) in [5, 5.41) is 20.3. The zero-order valence-corrected chi connectivity index (χ0v) is 21.4. The molecule has 0 aliphatic rings. The van der Waals surface area contributed by atoms with Crippen LogP contribution in [0.15, 0.2) is 48.6 Å². The first kappa shape index (κ1) is 32.5. The Kier molecular flexibility index (Phi) is 22.2. The average molecular weight is 502 g/mol. The summed E-state index contributed by atoms with van der Waals surface area (Å²) in [7, 11) is -4.32. The maximum Gasteiger partial charge on any atom is 0.472 e. The number of hydrogen-bond acceptors (Lipinski definition) is 6. The van der Waals surface area contributed by atoms with Gasteiger partial charge in [-0.05, 0) is 44.9 Å². The molecule has 0 radical (unpaired) electrons. The molecule has 0 aromatic heterocycles. The molecule has 0 saturated carbocycles. The van der Waals surface area contributed by atoms with Gasteiger partial charge in [0.2, 0.25) is 5.91 Å². The molecule has 0 fully saturated rings. The lowest BCUT2D eigenvalue weighted by atomic mass is 10.2. The van der Waals surface area contributed by atoms with E-state index in [0.29, 0.717) is 12.8 Å². The molecule has 196 valence electrons. The van der Waals surface area contributed by atoms with Gasteiger partial charge in [-0.3, -0.25) is 13.8 Å². The van der Waals surface area contributed by atoms with Crippen molar-refractivity contribution in [2.45, 2.75) is 77.2 Å². The lowest BCUT2D eigenvalue weighted by Gasteiger charge is -2.14. The lowest BCUT2D eigenvalue weighted by Crippen LogP contribution is -2.27. The van der Waals surface area contributed by atoms with E-state index in [9.17, 15) is 14.3 Å². The third-order valence-corrected chi connectivity index (χ3v) is 5.54. The van der Waals surface area contributed by atoms with Crippen LogP contribution in [0.2, 0.25) is 0 Å². The van der Waals surface area contributed by atoms with Crippen LogP contribution in [0.25, 0.3) is 0 Å². The number of aliphatic hydroxyl groups excluding tert-OH is 2. The second kappa shape index (κ2) is 23.2. The highest BCUT2D eigenvalue weighted by molar-refractivity contribution is 7.47. The number of aliphatic hydroxyl groups is 2. The molecule has 0 heterocycles. The van der Waals surface area contributed by atoms with Gasteiger partial charge in [0.1, 0.15) is 6.10 Å². The molecule has 0 saturated heterocycles. The van der Waals surface area contributed by atoms with Crippen LogP contribution >= 0.6 is 7.82 Å². The van der Waals surface area contributed by atoms with Crippen LogP contribution in [-0.2, 0) is 18.4 Å². The Hall–Kier alpha value is -1.54. The van der Waals surface area contributed by atoms with Crippen LogP contribution in [0.4, 0.5) is 0 Å². The van der Waals surface area contributed by atoms with E-state index in [-0.39, 0.29) is 19.1 Å². The summed E-state index contributed by atoms with van der Waals surface area (Å²) in [6.45, 7) is 0.979. The maximum absolute atomic E-state index is 11.7. The Morgan fingerprint density at radius 1 is 0.912 bits per heavy atom. The van der Waals surface area contributed by atoms with Crippen molar-refractivity contribution >= 4 is 13.7 Å². The van der Waals surface area contributed by atoms with Crippen molar-refractivity contribution in [2.24, 2.45) is 0 Å². The first-order valence-electron chi connectivity index (χ1n) is 12.2. The molecular weight excluding hydrogens is 457 g/mol. The average Bonchev–Trinajstić information content (AvgIpc) is 2.82. The van der Waals surface area contributed by atoms with Gasteiger partial charge in [-0.2, -0.15) is 0 Å². The lowest BCUT2D eigenvalue weighted by molar-refractivity contribution is -0.121. The minimum absolute atomic E-state index is 0.0691. The third kappa shape index (κ3) is 23.6. The van der Waals surface area contributed by atoms with E-state index in [1.54, 1.807) is 0 Å². The molecule has 34 heavy (non-hydrogen) atoms. The standard InChI is InChI=1S/C25H44NO7P/c1-2-3-4-5-6-7-8-9-10-11-12-13-14-15-16-17-18-19-25(29)26-20-21-32-34(30,31)33-23-24(28)22-27/h6-7,9-10,12-13,15-16,24,27-28H,2-5,8,11,14,17-23H2,1H3,(H,26,29)(H,30,31)/b7-6-,10-9-,13-12-,16-15-/t24-/m1/s1. The second-order valence-corrected chi connectivity index (χ2v) is 9.22. The van der Waals surface area contributed by atoms with Crippen molar-refractivity contribution in [3.63, 3.8) is 0 Å². The molecule has 1 amide bonds. The second-order valence-electron chi connectivity index (χ2n) is 7.76. The molecule has 0 aliphatic heterocycles. The van der Waals surface area contributed by atoms with Crippen molar-refractivity contribution in [1.29, 1.82) is 0 Å². The molecule has 0 spiro atoms. The van der Waals surface area contributed by atoms with Crippen LogP contribution in [0.3, 0.4) is 0 Å². The van der Waals surface area contributed by atoms with Gasteiger partial charge in [-0.15, -0.1) is 0 Å². The van der Waals surface area contributed by atoms with E-state index in [0.717, 1.165) is 25.7 Å². The van der Waals surface area contributed by atoms with Crippen LogP contribution in [-0.4, -0.2) is 53.5 Å². The van der Waals surface area contributed by atoms with Crippen molar-refractivity contribution in [2.75, 3.05) is 26.4 Å². The number of amides is 1. The normalized spacial score (nSPS) is 15.1. The molecule has 9 heteroatoms. The van der Waals surface area contributed by atoms with E-state index < -0.39 is 27.1 Å². The van der Waals surface area contributed by atoms with Crippen LogP contribution < -0.4 is 5.32 Å². The van der Waals surface area contributed by atoms with E-state index in [2.05, 4.69) is 69.9 Å². The number of allylic oxidation sites excluding steroid dienone is 8. The maximum atomic E-state index is 11.7. The predicted octanol–water partition coefficient (Wildman–Crippen LogP) is 4.74. The molecule has 1 unspecified atom stereocenters. The summed E-state index contributed by atoms with van der Waals surface area (Å²) < 4.78 is 20.7. The molecule has 0 bridgehead atoms. The minimum atomic E-state index is -4.32. The SMILES string of the molecule is CCCCC/C=C\C/C=C\C/C=C\C/C=C\CCCC(=O)NCCOP(=O)(O)OC[C@H](O)CO. The Balaban J connectivity index is 3.63. The zero-order chi connectivity index (χ0) is 25.3. The van der Waals surface area contributed by atoms with Gasteiger partial charge in [0.05, 0.1) is 19.8 Å². The van der Waals surface area contributed by atoms with Crippen molar-refractivity contribution in [3.05, 3.63) is 48.6 Å². The molecule has 0 rings (SSSR count). The fourth-order valence-corrected chi connectivity index (χ4v) is 3.41. The molecule has 0 aromatic carbocycles. The number of phosphoric ester groups is 1. The number of unbranched alkanes of at least 4 members (excludes halogenated alkanes) is 4. The summed E-state index contributed by atoms with van der Waals surface area (Å²) in [6.07, 6.45) is 25.7. The van der Waals surface area contributed by atoms with E-state index in [1.807, 2.05) is 0 Å². The number of phosphoric acid groups is 1. The number of hydrogen-bond donors (Lipinski definition) is 4. The number of nitrogens with one attached hydrogen (secondary N) is 1. The van der Waals surface area contributed by atoms with Gasteiger partial charge in [0, 0.05) is 13.0 Å². The zero-order valence-electron chi connectivity index (χ0n) is 20.5. The Morgan fingerprint density at radius 2 is 1.47 bits per heavy atom. The van der Waals surface area contributed by atoms with Crippen LogP contribution in [0, 0.1) is 0 Å². The van der Waals surface area contributed by atoms with Gasteiger partial charge in [0.25, 0.3) is 0 Å². The number of rotatable bonds is 22. The topological polar surface area (TPSA) is 125 Å². The molecule has 4 N–H and O–H groups in total. The largest absolute Gasteiger partial charge is 0.472 e. The van der Waals surface area contributed by atoms with Crippen molar-refractivity contribution in [3.8, 4) is 0 Å². The number of carbonyl (C=O) groups excluding carboxylic acids is 1. The van der Waals surface area contributed by atoms with Crippen molar-refractivity contribution in [1.82, 2.24) is 5.32 Å². The van der Waals surface area contributed by atoms with Gasteiger partial charge in [0.15, 0.2) is 0 Å². The summed E-state index contributed by atoms with van der Waals surface area (Å²) >= 11 is 0. The van der Waals surface area contributed by atoms with E-state index >= 15 is 0 Å². The Bertz CT molecular complexity index is 662. The highest BCUT2D eigenvalue weighted by Crippen LogP contribution is 2.42. The van der Waals surface area contributed by atoms with Gasteiger partial charge >= 0.3 is 7.82 Å². The third-order valence-electron chi connectivity index (χ3n) is 4.55.